The standard InChI is InChI=1S/C22H25N3O5/c1-16(26)29-15-21(27)23-24-22(28)17-7-9-18(10-8-17)25-13-11-20(12-14-25)30-19-5-3-2-4-6-19/h2-10,20H,11-15H2,1H3,(H,23,27)(H,24,28). The first kappa shape index (κ1) is 21.2. The summed E-state index contributed by atoms with van der Waals surface area (Å²) in [6.07, 6.45) is 2.04. The summed E-state index contributed by atoms with van der Waals surface area (Å²) in [4.78, 5) is 36.5. The van der Waals surface area contributed by atoms with Crippen molar-refractivity contribution < 1.29 is 23.9 Å². The van der Waals surface area contributed by atoms with E-state index in [0.29, 0.717) is 5.56 Å². The molecule has 0 aromatic heterocycles. The van der Waals surface area contributed by atoms with Crippen molar-refractivity contribution in [2.75, 3.05) is 24.6 Å². The van der Waals surface area contributed by atoms with Crippen LogP contribution in [-0.2, 0) is 14.3 Å². The van der Waals surface area contributed by atoms with Gasteiger partial charge in [0.2, 0.25) is 0 Å². The molecule has 1 fully saturated rings. The van der Waals surface area contributed by atoms with Gasteiger partial charge in [0.15, 0.2) is 6.61 Å². The number of nitrogens with one attached hydrogen (secondary N) is 2. The summed E-state index contributed by atoms with van der Waals surface area (Å²) in [5.41, 5.74) is 5.93. The van der Waals surface area contributed by atoms with Gasteiger partial charge in [-0.2, -0.15) is 0 Å². The number of rotatable bonds is 6. The van der Waals surface area contributed by atoms with Gasteiger partial charge in [-0.3, -0.25) is 25.2 Å². The highest BCUT2D eigenvalue weighted by molar-refractivity contribution is 5.95. The van der Waals surface area contributed by atoms with Crippen LogP contribution in [0.2, 0.25) is 0 Å². The number of nitrogens with zero attached hydrogens (tertiary/aromatic N) is 1. The topological polar surface area (TPSA) is 97.0 Å². The lowest BCUT2D eigenvalue weighted by atomic mass is 10.1. The highest BCUT2D eigenvalue weighted by Crippen LogP contribution is 2.23. The molecule has 1 aliphatic rings. The van der Waals surface area contributed by atoms with Crippen LogP contribution in [0.3, 0.4) is 0 Å². The van der Waals surface area contributed by atoms with Gasteiger partial charge >= 0.3 is 5.97 Å². The summed E-state index contributed by atoms with van der Waals surface area (Å²) in [5.74, 6) is -0.738. The molecular weight excluding hydrogens is 386 g/mol. The Morgan fingerprint density at radius 1 is 0.967 bits per heavy atom. The fourth-order valence-corrected chi connectivity index (χ4v) is 3.15. The van der Waals surface area contributed by atoms with Crippen LogP contribution in [0.25, 0.3) is 0 Å². The fraction of sp³-hybridized carbons (Fsp3) is 0.318. The Balaban J connectivity index is 1.44. The minimum absolute atomic E-state index is 0.198. The molecule has 1 saturated heterocycles. The number of hydrogen-bond donors (Lipinski definition) is 2. The molecule has 0 atom stereocenters. The zero-order valence-electron chi connectivity index (χ0n) is 16.8. The molecule has 3 rings (SSSR count). The SMILES string of the molecule is CC(=O)OCC(=O)NNC(=O)c1ccc(N2CCC(Oc3ccccc3)CC2)cc1. The number of amides is 2. The number of piperidine rings is 1. The van der Waals surface area contributed by atoms with Crippen molar-refractivity contribution >= 4 is 23.5 Å². The highest BCUT2D eigenvalue weighted by atomic mass is 16.5. The van der Waals surface area contributed by atoms with Gasteiger partial charge < -0.3 is 14.4 Å². The largest absolute Gasteiger partial charge is 0.490 e. The number of carbonyl (C=O) groups is 3. The highest BCUT2D eigenvalue weighted by Gasteiger charge is 2.21. The summed E-state index contributed by atoms with van der Waals surface area (Å²) in [7, 11) is 0. The first-order valence-corrected chi connectivity index (χ1v) is 9.80. The van der Waals surface area contributed by atoms with E-state index in [4.69, 9.17) is 4.74 Å². The molecule has 8 nitrogen and oxygen atoms in total. The van der Waals surface area contributed by atoms with Gasteiger partial charge in [-0.15, -0.1) is 0 Å². The third kappa shape index (κ3) is 6.23. The van der Waals surface area contributed by atoms with E-state index >= 15 is 0 Å². The first-order chi connectivity index (χ1) is 14.5. The summed E-state index contributed by atoms with van der Waals surface area (Å²) in [6.45, 7) is 2.50. The molecule has 0 radical (unpaired) electrons. The minimum atomic E-state index is -0.615. The molecule has 2 N–H and O–H groups in total. The predicted molar refractivity (Wildman–Crippen MR) is 111 cm³/mol. The van der Waals surface area contributed by atoms with Crippen molar-refractivity contribution in [2.24, 2.45) is 0 Å². The van der Waals surface area contributed by atoms with Gasteiger partial charge in [-0.25, -0.2) is 0 Å². The monoisotopic (exact) mass is 411 g/mol. The Morgan fingerprint density at radius 2 is 1.63 bits per heavy atom. The molecule has 2 amide bonds. The summed E-state index contributed by atoms with van der Waals surface area (Å²) < 4.78 is 10.6. The summed E-state index contributed by atoms with van der Waals surface area (Å²) in [5, 5.41) is 0. The van der Waals surface area contributed by atoms with Crippen molar-refractivity contribution in [1.82, 2.24) is 10.9 Å². The maximum absolute atomic E-state index is 12.1. The molecule has 2 aromatic carbocycles. The van der Waals surface area contributed by atoms with E-state index in [1.165, 1.54) is 6.92 Å². The molecular formula is C22H25N3O5. The normalized spacial score (nSPS) is 14.0. The Bertz CT molecular complexity index is 862. The number of carbonyl (C=O) groups excluding carboxylic acids is 3. The van der Waals surface area contributed by atoms with Crippen molar-refractivity contribution in [2.45, 2.75) is 25.9 Å². The van der Waals surface area contributed by atoms with Crippen LogP contribution in [0, 0.1) is 0 Å². The molecule has 0 bridgehead atoms. The molecule has 1 aliphatic heterocycles. The van der Waals surface area contributed by atoms with Crippen LogP contribution in [0.15, 0.2) is 54.6 Å². The lowest BCUT2D eigenvalue weighted by molar-refractivity contribution is -0.146. The number of para-hydroxylation sites is 1. The molecule has 8 heteroatoms. The van der Waals surface area contributed by atoms with Gasteiger partial charge in [-0.05, 0) is 36.4 Å². The van der Waals surface area contributed by atoms with Crippen LogP contribution in [0.4, 0.5) is 5.69 Å². The molecule has 0 saturated carbocycles. The maximum Gasteiger partial charge on any atom is 0.303 e. The third-order valence-electron chi connectivity index (χ3n) is 4.70. The van der Waals surface area contributed by atoms with Crippen molar-refractivity contribution in [3.8, 4) is 5.75 Å². The van der Waals surface area contributed by atoms with Crippen LogP contribution >= 0.6 is 0 Å². The smallest absolute Gasteiger partial charge is 0.303 e. The van der Waals surface area contributed by atoms with E-state index in [1.807, 2.05) is 42.5 Å². The van der Waals surface area contributed by atoms with Gasteiger partial charge in [0, 0.05) is 44.1 Å². The average molecular weight is 411 g/mol. The lowest BCUT2D eigenvalue weighted by Gasteiger charge is -2.33. The second-order valence-electron chi connectivity index (χ2n) is 6.95. The maximum atomic E-state index is 12.1. The van der Waals surface area contributed by atoms with E-state index in [0.717, 1.165) is 37.4 Å². The summed E-state index contributed by atoms with van der Waals surface area (Å²) in [6, 6.07) is 17.0. The van der Waals surface area contributed by atoms with Crippen LogP contribution in [0.5, 0.6) is 5.75 Å². The van der Waals surface area contributed by atoms with Gasteiger partial charge in [0.05, 0.1) is 0 Å². The fourth-order valence-electron chi connectivity index (χ4n) is 3.15. The van der Waals surface area contributed by atoms with E-state index in [-0.39, 0.29) is 6.10 Å². The van der Waals surface area contributed by atoms with Gasteiger partial charge in [0.25, 0.3) is 11.8 Å². The molecule has 1 heterocycles. The summed E-state index contributed by atoms with van der Waals surface area (Å²) >= 11 is 0. The number of hydrogen-bond acceptors (Lipinski definition) is 6. The predicted octanol–water partition coefficient (Wildman–Crippen LogP) is 2.06. The van der Waals surface area contributed by atoms with E-state index < -0.39 is 24.4 Å². The van der Waals surface area contributed by atoms with Crippen LogP contribution in [0.1, 0.15) is 30.1 Å². The zero-order chi connectivity index (χ0) is 21.3. The molecule has 30 heavy (non-hydrogen) atoms. The number of hydrazine groups is 1. The second-order valence-corrected chi connectivity index (χ2v) is 6.95. The van der Waals surface area contributed by atoms with Crippen LogP contribution in [-0.4, -0.2) is 43.6 Å². The molecule has 0 unspecified atom stereocenters. The Hall–Kier alpha value is -3.55. The molecule has 2 aromatic rings. The van der Waals surface area contributed by atoms with Crippen LogP contribution < -0.4 is 20.5 Å². The minimum Gasteiger partial charge on any atom is -0.490 e. The Labute approximate surface area is 175 Å². The van der Waals surface area contributed by atoms with Crippen molar-refractivity contribution in [3.05, 3.63) is 60.2 Å². The van der Waals surface area contributed by atoms with E-state index in [1.54, 1.807) is 12.1 Å². The number of anilines is 1. The third-order valence-corrected chi connectivity index (χ3v) is 4.70. The lowest BCUT2D eigenvalue weighted by Crippen LogP contribution is -2.43. The zero-order valence-corrected chi connectivity index (χ0v) is 16.8. The quantitative estimate of drug-likeness (QED) is 0.558. The number of ether oxygens (including phenoxy) is 2. The second kappa shape index (κ2) is 10.3. The Kier molecular flexibility index (Phi) is 7.26. The van der Waals surface area contributed by atoms with Gasteiger partial charge in [-0.1, -0.05) is 18.2 Å². The number of esters is 1. The van der Waals surface area contributed by atoms with Crippen molar-refractivity contribution in [3.63, 3.8) is 0 Å². The molecule has 0 spiro atoms. The van der Waals surface area contributed by atoms with E-state index in [2.05, 4.69) is 20.5 Å². The molecule has 158 valence electrons. The first-order valence-electron chi connectivity index (χ1n) is 9.80. The Morgan fingerprint density at radius 3 is 2.27 bits per heavy atom. The molecule has 0 aliphatic carbocycles. The van der Waals surface area contributed by atoms with Crippen molar-refractivity contribution in [1.29, 1.82) is 0 Å². The number of benzene rings is 2. The van der Waals surface area contributed by atoms with E-state index in [9.17, 15) is 14.4 Å². The van der Waals surface area contributed by atoms with Gasteiger partial charge in [0.1, 0.15) is 11.9 Å². The average Bonchev–Trinajstić information content (AvgIpc) is 2.77.